The molecule has 1 aliphatic rings. The number of benzene rings is 1. The smallest absolute Gasteiger partial charge is 0.325 e. The van der Waals surface area contributed by atoms with Gasteiger partial charge in [-0.3, -0.25) is 0 Å². The quantitative estimate of drug-likeness (QED) is 0.422. The first-order chi connectivity index (χ1) is 5.27. The van der Waals surface area contributed by atoms with Crippen LogP contribution in [-0.2, 0) is 0 Å². The van der Waals surface area contributed by atoms with Crippen molar-refractivity contribution >= 4 is 0 Å². The van der Waals surface area contributed by atoms with Crippen molar-refractivity contribution in [2.45, 2.75) is 12.3 Å². The summed E-state index contributed by atoms with van der Waals surface area (Å²) in [5.74, 6) is -1.15. The molecule has 0 aliphatic heterocycles. The van der Waals surface area contributed by atoms with Crippen LogP contribution in [0.4, 0.5) is 8.78 Å². The number of hydrogen-bond donors (Lipinski definition) is 0. The van der Waals surface area contributed by atoms with Crippen LogP contribution < -0.4 is 51.4 Å². The van der Waals surface area contributed by atoms with Crippen molar-refractivity contribution in [3.05, 3.63) is 41.8 Å². The molecule has 1 atom stereocenters. The molecule has 1 aromatic carbocycles. The predicted octanol–water partition coefficient (Wildman–Crippen LogP) is -0.340. The van der Waals surface area contributed by atoms with Crippen LogP contribution in [0.25, 0.3) is 0 Å². The Labute approximate surface area is 113 Å². The summed E-state index contributed by atoms with van der Waals surface area (Å²) in [6.45, 7) is 0. The van der Waals surface area contributed by atoms with E-state index >= 15 is 0 Å². The van der Waals surface area contributed by atoms with Gasteiger partial charge in [-0.05, 0) is 12.1 Å². The van der Waals surface area contributed by atoms with Gasteiger partial charge in [0.2, 0.25) is 0 Å². The molecule has 0 heterocycles. The van der Waals surface area contributed by atoms with E-state index in [0.29, 0.717) is 5.92 Å². The van der Waals surface area contributed by atoms with Crippen molar-refractivity contribution < 1.29 is 60.2 Å². The normalized spacial score (nSPS) is 20.0. The fourth-order valence-corrected chi connectivity index (χ4v) is 1.08. The van der Waals surface area contributed by atoms with E-state index in [1.807, 2.05) is 0 Å². The Morgan fingerprint density at radius 1 is 1.25 bits per heavy atom. The van der Waals surface area contributed by atoms with Gasteiger partial charge in [-0.25, -0.2) is 8.78 Å². The molecule has 0 radical (unpaired) electrons. The second kappa shape index (κ2) is 4.29. The summed E-state index contributed by atoms with van der Waals surface area (Å²) >= 11 is 0. The molecule has 1 saturated carbocycles. The maximum atomic E-state index is 12.6. The third-order valence-corrected chi connectivity index (χ3v) is 1.84. The average Bonchev–Trinajstić information content (AvgIpc) is 2.77. The number of hydrogen-bond acceptors (Lipinski definition) is 0. The molecule has 1 fully saturated rings. The van der Waals surface area contributed by atoms with Crippen molar-refractivity contribution in [3.63, 3.8) is 0 Å². The van der Waals surface area contributed by atoms with Crippen LogP contribution in [0.2, 0.25) is 0 Å². The summed E-state index contributed by atoms with van der Waals surface area (Å²) in [6, 6.07) is 4.08. The molecule has 0 unspecified atom stereocenters. The van der Waals surface area contributed by atoms with Gasteiger partial charge in [0.25, 0.3) is 0 Å². The van der Waals surface area contributed by atoms with Gasteiger partial charge in [0.1, 0.15) is 0 Å². The van der Waals surface area contributed by atoms with Gasteiger partial charge in [0, 0.05) is 0 Å². The number of rotatable bonds is 1. The minimum atomic E-state index is -0.769. The molecule has 58 valence electrons. The molecule has 0 aromatic heterocycles. The van der Waals surface area contributed by atoms with Crippen molar-refractivity contribution in [2.75, 3.05) is 0 Å². The second-order valence-electron chi connectivity index (χ2n) is 2.75. The molecule has 0 saturated heterocycles. The molecule has 3 heteroatoms. The zero-order chi connectivity index (χ0) is 7.84. The van der Waals surface area contributed by atoms with Gasteiger partial charge in [-0.1, -0.05) is 11.6 Å². The molecule has 0 N–H and O–H groups in total. The van der Waals surface area contributed by atoms with Gasteiger partial charge >= 0.3 is 51.4 Å². The Kier molecular flexibility index (Phi) is 3.86. The molecule has 0 spiro atoms. The largest absolute Gasteiger partial charge is 1.00 e. The van der Waals surface area contributed by atoms with Crippen LogP contribution in [0, 0.1) is 18.1 Å². The molecule has 2 rings (SSSR count). The number of halogens is 2. The molecule has 0 amide bonds. The van der Waals surface area contributed by atoms with Gasteiger partial charge in [-0.15, -0.1) is 0 Å². The zero-order valence-corrected chi connectivity index (χ0v) is 9.97. The first-order valence-electron chi connectivity index (χ1n) is 3.55. The Balaban J connectivity index is 0.000000720. The van der Waals surface area contributed by atoms with Crippen LogP contribution in [0.3, 0.4) is 0 Å². The van der Waals surface area contributed by atoms with Crippen LogP contribution in [0.15, 0.2) is 18.2 Å². The van der Waals surface area contributed by atoms with E-state index in [4.69, 9.17) is 0 Å². The summed E-state index contributed by atoms with van der Waals surface area (Å²) in [7, 11) is 0. The van der Waals surface area contributed by atoms with Crippen LogP contribution in [0.1, 0.15) is 17.9 Å². The average molecular weight is 192 g/mol. The van der Waals surface area contributed by atoms with Crippen molar-refractivity contribution in [1.29, 1.82) is 0 Å². The zero-order valence-electron chi connectivity index (χ0n) is 6.85. The van der Waals surface area contributed by atoms with E-state index in [1.165, 1.54) is 12.1 Å². The van der Waals surface area contributed by atoms with Crippen LogP contribution in [-0.4, -0.2) is 0 Å². The third kappa shape index (κ3) is 2.36. The Hall–Kier alpha value is 0.716. The maximum Gasteiger partial charge on any atom is 1.00 e. The van der Waals surface area contributed by atoms with Gasteiger partial charge in [0.05, 0.1) is 0 Å². The van der Waals surface area contributed by atoms with Crippen LogP contribution >= 0.6 is 0 Å². The van der Waals surface area contributed by atoms with E-state index in [1.54, 1.807) is 6.07 Å². The van der Waals surface area contributed by atoms with E-state index in [2.05, 4.69) is 6.42 Å². The molecule has 1 aliphatic carbocycles. The van der Waals surface area contributed by atoms with E-state index in [0.717, 1.165) is 12.0 Å². The van der Waals surface area contributed by atoms with Gasteiger partial charge in [0.15, 0.2) is 11.6 Å². The third-order valence-electron chi connectivity index (χ3n) is 1.84. The molecule has 12 heavy (non-hydrogen) atoms. The first kappa shape index (κ1) is 10.8. The Morgan fingerprint density at radius 3 is 2.42 bits per heavy atom. The van der Waals surface area contributed by atoms with Crippen molar-refractivity contribution in [1.82, 2.24) is 0 Å². The molecule has 0 nitrogen and oxygen atoms in total. The minimum absolute atomic E-state index is 0. The fourth-order valence-electron chi connectivity index (χ4n) is 1.08. The standard InChI is InChI=1S/C9H7F2.K/c10-8-4-3-7(5-9(8)11)6-1-2-6;/h1,3-6H,2H2;/q-1;+1/t6-;/m1./s1. The summed E-state index contributed by atoms with van der Waals surface area (Å²) in [4.78, 5) is 0. The second-order valence-corrected chi connectivity index (χ2v) is 2.75. The maximum absolute atomic E-state index is 12.6. The predicted molar refractivity (Wildman–Crippen MR) is 38.0 cm³/mol. The Bertz CT molecular complexity index is 282. The SMILES string of the molecule is Fc1ccc([C@@H]2[CH-]C2)cc1F.[K+]. The first-order valence-corrected chi connectivity index (χ1v) is 3.55. The van der Waals surface area contributed by atoms with Crippen LogP contribution in [0.5, 0.6) is 0 Å². The van der Waals surface area contributed by atoms with E-state index < -0.39 is 11.6 Å². The van der Waals surface area contributed by atoms with Gasteiger partial charge in [-0.2, -0.15) is 12.3 Å². The molecule has 0 bridgehead atoms. The van der Waals surface area contributed by atoms with E-state index in [9.17, 15) is 8.78 Å². The summed E-state index contributed by atoms with van der Waals surface area (Å²) in [5.41, 5.74) is 0.879. The summed E-state index contributed by atoms with van der Waals surface area (Å²) in [6.07, 6.45) is 3.05. The minimum Gasteiger partial charge on any atom is -0.325 e. The summed E-state index contributed by atoms with van der Waals surface area (Å²) < 4.78 is 25.0. The van der Waals surface area contributed by atoms with E-state index in [-0.39, 0.29) is 51.4 Å². The molecular formula is C9H7F2K. The van der Waals surface area contributed by atoms with Crippen molar-refractivity contribution in [2.24, 2.45) is 0 Å². The topological polar surface area (TPSA) is 0 Å². The monoisotopic (exact) mass is 192 g/mol. The van der Waals surface area contributed by atoms with Gasteiger partial charge < -0.3 is 6.42 Å². The summed E-state index contributed by atoms with van der Waals surface area (Å²) in [5, 5.41) is 0. The fraction of sp³-hybridized carbons (Fsp3) is 0.222. The Morgan fingerprint density at radius 2 is 1.92 bits per heavy atom. The molecule has 1 aromatic rings. The van der Waals surface area contributed by atoms with Crippen molar-refractivity contribution in [3.8, 4) is 0 Å². The molecular weight excluding hydrogens is 185 g/mol.